The molecule has 0 radical (unpaired) electrons. The van der Waals surface area contributed by atoms with Crippen LogP contribution < -0.4 is 4.74 Å². The molecule has 1 nitrogen and oxygen atoms in total. The van der Waals surface area contributed by atoms with E-state index in [-0.39, 0.29) is 26.8 Å². The van der Waals surface area contributed by atoms with E-state index in [2.05, 4.69) is 31.9 Å². The molecular formula is C13H4Br2F6O. The standard InChI is InChI=1S/C13H4Br2F6O/c14-6-3-7(15)11(4-8(6)16)22-12-9(17)1-5(2-10(12)18)13(19,20)21/h1-4H. The Balaban J connectivity index is 2.45. The summed E-state index contributed by atoms with van der Waals surface area (Å²) in [6.45, 7) is 0. The van der Waals surface area contributed by atoms with Crippen molar-refractivity contribution in [1.82, 2.24) is 0 Å². The number of hydrogen-bond donors (Lipinski definition) is 0. The van der Waals surface area contributed by atoms with Crippen LogP contribution in [0, 0.1) is 17.5 Å². The lowest BCUT2D eigenvalue weighted by Gasteiger charge is -2.13. The molecule has 118 valence electrons. The number of alkyl halides is 3. The second kappa shape index (κ2) is 6.11. The summed E-state index contributed by atoms with van der Waals surface area (Å²) in [7, 11) is 0. The highest BCUT2D eigenvalue weighted by Crippen LogP contribution is 2.38. The third-order valence-corrected chi connectivity index (χ3v) is 3.74. The Bertz CT molecular complexity index is 706. The third kappa shape index (κ3) is 3.57. The molecular weight excluding hydrogens is 446 g/mol. The van der Waals surface area contributed by atoms with Crippen molar-refractivity contribution < 1.29 is 31.1 Å². The highest BCUT2D eigenvalue weighted by Gasteiger charge is 2.33. The summed E-state index contributed by atoms with van der Waals surface area (Å²) in [5.74, 6) is -5.23. The molecule has 0 N–H and O–H groups in total. The van der Waals surface area contributed by atoms with Crippen molar-refractivity contribution in [3.8, 4) is 11.5 Å². The molecule has 0 unspecified atom stereocenters. The molecule has 0 atom stereocenters. The monoisotopic (exact) mass is 448 g/mol. The zero-order valence-corrected chi connectivity index (χ0v) is 13.4. The van der Waals surface area contributed by atoms with Gasteiger partial charge < -0.3 is 4.74 Å². The number of hydrogen-bond acceptors (Lipinski definition) is 1. The Kier molecular flexibility index (Phi) is 4.76. The van der Waals surface area contributed by atoms with Crippen molar-refractivity contribution in [2.24, 2.45) is 0 Å². The van der Waals surface area contributed by atoms with Crippen molar-refractivity contribution in [2.75, 3.05) is 0 Å². The molecule has 0 amide bonds. The van der Waals surface area contributed by atoms with Crippen molar-refractivity contribution in [3.05, 3.63) is 56.2 Å². The average molecular weight is 450 g/mol. The Labute approximate surface area is 137 Å². The summed E-state index contributed by atoms with van der Waals surface area (Å²) in [4.78, 5) is 0. The van der Waals surface area contributed by atoms with Crippen LogP contribution in [-0.4, -0.2) is 0 Å². The summed E-state index contributed by atoms with van der Waals surface area (Å²) < 4.78 is 83.1. The van der Waals surface area contributed by atoms with Crippen LogP contribution >= 0.6 is 31.9 Å². The highest BCUT2D eigenvalue weighted by molar-refractivity contribution is 9.11. The van der Waals surface area contributed by atoms with Crippen LogP contribution in [0.5, 0.6) is 11.5 Å². The van der Waals surface area contributed by atoms with Gasteiger partial charge in [-0.2, -0.15) is 13.2 Å². The molecule has 0 aliphatic heterocycles. The minimum Gasteiger partial charge on any atom is -0.450 e. The molecule has 2 aromatic rings. The van der Waals surface area contributed by atoms with Gasteiger partial charge in [0.2, 0.25) is 0 Å². The molecule has 0 spiro atoms. The summed E-state index contributed by atoms with van der Waals surface area (Å²) in [5.41, 5.74) is -1.49. The van der Waals surface area contributed by atoms with E-state index < -0.39 is 34.9 Å². The fourth-order valence-electron chi connectivity index (χ4n) is 1.51. The van der Waals surface area contributed by atoms with E-state index >= 15 is 0 Å². The van der Waals surface area contributed by atoms with Gasteiger partial charge in [0, 0.05) is 6.07 Å². The lowest BCUT2D eigenvalue weighted by molar-refractivity contribution is -0.138. The second-order valence-electron chi connectivity index (χ2n) is 4.07. The molecule has 2 rings (SSSR count). The molecule has 0 bridgehead atoms. The van der Waals surface area contributed by atoms with Gasteiger partial charge in [0.1, 0.15) is 11.6 Å². The zero-order chi connectivity index (χ0) is 16.7. The fraction of sp³-hybridized carbons (Fsp3) is 0.0769. The second-order valence-corrected chi connectivity index (χ2v) is 5.77. The predicted octanol–water partition coefficient (Wildman–Crippen LogP) is 6.44. The average Bonchev–Trinajstić information content (AvgIpc) is 2.38. The first-order chi connectivity index (χ1) is 10.1. The van der Waals surface area contributed by atoms with E-state index in [4.69, 9.17) is 4.74 Å². The van der Waals surface area contributed by atoms with Crippen molar-refractivity contribution in [2.45, 2.75) is 6.18 Å². The molecule has 0 heterocycles. The van der Waals surface area contributed by atoms with Gasteiger partial charge in [0.15, 0.2) is 17.4 Å². The van der Waals surface area contributed by atoms with Gasteiger partial charge >= 0.3 is 6.18 Å². The van der Waals surface area contributed by atoms with Crippen LogP contribution in [0.2, 0.25) is 0 Å². The van der Waals surface area contributed by atoms with Crippen LogP contribution in [0.4, 0.5) is 26.3 Å². The topological polar surface area (TPSA) is 9.23 Å². The van der Waals surface area contributed by atoms with Crippen LogP contribution in [0.1, 0.15) is 5.56 Å². The van der Waals surface area contributed by atoms with Crippen LogP contribution in [0.15, 0.2) is 33.2 Å². The highest BCUT2D eigenvalue weighted by atomic mass is 79.9. The summed E-state index contributed by atoms with van der Waals surface area (Å²) in [6, 6.07) is 2.25. The normalized spacial score (nSPS) is 11.6. The lowest BCUT2D eigenvalue weighted by Crippen LogP contribution is -2.07. The molecule has 22 heavy (non-hydrogen) atoms. The SMILES string of the molecule is Fc1cc(Oc2c(F)cc(C(F)(F)F)cc2F)c(Br)cc1Br. The Morgan fingerprint density at radius 2 is 1.32 bits per heavy atom. The number of benzene rings is 2. The number of halogens is 8. The molecule has 0 aliphatic rings. The van der Waals surface area contributed by atoms with Gasteiger partial charge in [-0.1, -0.05) is 0 Å². The maximum Gasteiger partial charge on any atom is 0.416 e. The van der Waals surface area contributed by atoms with Gasteiger partial charge in [-0.3, -0.25) is 0 Å². The maximum atomic E-state index is 13.7. The van der Waals surface area contributed by atoms with Gasteiger partial charge in [0.25, 0.3) is 0 Å². The largest absolute Gasteiger partial charge is 0.450 e. The third-order valence-electron chi connectivity index (χ3n) is 2.51. The van der Waals surface area contributed by atoms with Gasteiger partial charge in [-0.05, 0) is 50.1 Å². The first-order valence-corrected chi connectivity index (χ1v) is 7.07. The maximum absolute atomic E-state index is 13.7. The zero-order valence-electron chi connectivity index (χ0n) is 10.2. The van der Waals surface area contributed by atoms with Gasteiger partial charge in [-0.25, -0.2) is 13.2 Å². The summed E-state index contributed by atoms with van der Waals surface area (Å²) in [5, 5.41) is 0. The Hall–Kier alpha value is -1.22. The van der Waals surface area contributed by atoms with E-state index in [0.717, 1.165) is 6.07 Å². The minimum absolute atomic E-state index is 0.0695. The smallest absolute Gasteiger partial charge is 0.416 e. The Morgan fingerprint density at radius 1 is 0.773 bits per heavy atom. The minimum atomic E-state index is -4.90. The molecule has 0 aliphatic carbocycles. The van der Waals surface area contributed by atoms with Crippen LogP contribution in [0.25, 0.3) is 0 Å². The van der Waals surface area contributed by atoms with Gasteiger partial charge in [0.05, 0.1) is 14.5 Å². The van der Waals surface area contributed by atoms with Crippen molar-refractivity contribution >= 4 is 31.9 Å². The molecule has 2 aromatic carbocycles. The molecule has 0 saturated heterocycles. The number of ether oxygens (including phenoxy) is 1. The lowest BCUT2D eigenvalue weighted by atomic mass is 10.2. The fourth-order valence-corrected chi connectivity index (χ4v) is 2.59. The van der Waals surface area contributed by atoms with Gasteiger partial charge in [-0.15, -0.1) is 0 Å². The van der Waals surface area contributed by atoms with Crippen LogP contribution in [0.3, 0.4) is 0 Å². The summed E-state index contributed by atoms with van der Waals surface area (Å²) >= 11 is 5.88. The molecule has 0 aromatic heterocycles. The van der Waals surface area contributed by atoms with Crippen molar-refractivity contribution in [3.63, 3.8) is 0 Å². The first-order valence-electron chi connectivity index (χ1n) is 5.48. The van der Waals surface area contributed by atoms with E-state index in [1.807, 2.05) is 0 Å². The van der Waals surface area contributed by atoms with Crippen LogP contribution in [-0.2, 0) is 6.18 Å². The first kappa shape index (κ1) is 17.1. The quantitative estimate of drug-likeness (QED) is 0.378. The Morgan fingerprint density at radius 3 is 1.82 bits per heavy atom. The van der Waals surface area contributed by atoms with Crippen molar-refractivity contribution in [1.29, 1.82) is 0 Å². The molecule has 0 saturated carbocycles. The summed E-state index contributed by atoms with van der Waals surface area (Å²) in [6.07, 6.45) is -4.90. The molecule has 9 heteroatoms. The van der Waals surface area contributed by atoms with E-state index in [1.165, 1.54) is 6.07 Å². The molecule has 0 fully saturated rings. The van der Waals surface area contributed by atoms with E-state index in [1.54, 1.807) is 0 Å². The van der Waals surface area contributed by atoms with E-state index in [9.17, 15) is 26.3 Å². The predicted molar refractivity (Wildman–Crippen MR) is 73.2 cm³/mol. The van der Waals surface area contributed by atoms with E-state index in [0.29, 0.717) is 0 Å². The number of rotatable bonds is 2.